The lowest BCUT2D eigenvalue weighted by atomic mass is 9.84. The van der Waals surface area contributed by atoms with Crippen LogP contribution in [0.1, 0.15) is 66.2 Å². The predicted octanol–water partition coefficient (Wildman–Crippen LogP) is 4.62. The molecule has 0 N–H and O–H groups in total. The van der Waals surface area contributed by atoms with E-state index in [1.54, 1.807) is 0 Å². The standard InChI is InChI=1S/C20H30O3/c1-13(2)18-9-8-14(3)6-5-7-15(4)10-17(21)11-16-12-19(18)23-20(16)22/h6,12-13,15,18-19H,5,7-11H2,1-4H3/b14-6+/t15-,18+,19-/m0/s1. The minimum atomic E-state index is -0.288. The number of ketones is 1. The molecule has 0 radical (unpaired) electrons. The third-order valence-corrected chi connectivity index (χ3v) is 5.14. The summed E-state index contributed by atoms with van der Waals surface area (Å²) < 4.78 is 5.58. The Kier molecular flexibility index (Phi) is 6.20. The SMILES string of the molecule is C/C1=C\CC[C@H](C)CC(=O)CC2=C[C@H](OC2=O)[C@@H](C(C)C)CC1. The van der Waals surface area contributed by atoms with E-state index in [1.807, 2.05) is 6.08 Å². The van der Waals surface area contributed by atoms with Gasteiger partial charge in [0.1, 0.15) is 11.9 Å². The lowest BCUT2D eigenvalue weighted by Crippen LogP contribution is -2.25. The van der Waals surface area contributed by atoms with Crippen molar-refractivity contribution in [1.82, 2.24) is 0 Å². The second-order valence-electron chi connectivity index (χ2n) is 7.66. The van der Waals surface area contributed by atoms with Gasteiger partial charge in [-0.15, -0.1) is 0 Å². The Bertz CT molecular complexity index is 513. The number of allylic oxidation sites excluding steroid dienone is 2. The molecule has 2 aliphatic rings. The fraction of sp³-hybridized carbons (Fsp3) is 0.700. The summed E-state index contributed by atoms with van der Waals surface area (Å²) in [6, 6.07) is 0. The molecule has 0 fully saturated rings. The maximum atomic E-state index is 12.2. The molecule has 0 saturated carbocycles. The van der Waals surface area contributed by atoms with E-state index >= 15 is 0 Å². The molecule has 1 aliphatic carbocycles. The quantitative estimate of drug-likeness (QED) is 0.523. The highest BCUT2D eigenvalue weighted by molar-refractivity contribution is 5.97. The van der Waals surface area contributed by atoms with Crippen molar-refractivity contribution < 1.29 is 14.3 Å². The van der Waals surface area contributed by atoms with E-state index in [1.165, 1.54) is 5.57 Å². The predicted molar refractivity (Wildman–Crippen MR) is 91.9 cm³/mol. The smallest absolute Gasteiger partial charge is 0.334 e. The lowest BCUT2D eigenvalue weighted by Gasteiger charge is -2.25. The van der Waals surface area contributed by atoms with Gasteiger partial charge in [0.15, 0.2) is 0 Å². The van der Waals surface area contributed by atoms with Gasteiger partial charge < -0.3 is 4.74 Å². The third kappa shape index (κ3) is 5.05. The highest BCUT2D eigenvalue weighted by atomic mass is 16.5. The summed E-state index contributed by atoms with van der Waals surface area (Å²) in [6.07, 6.45) is 8.98. The Labute approximate surface area is 140 Å². The van der Waals surface area contributed by atoms with Crippen molar-refractivity contribution >= 4 is 11.8 Å². The van der Waals surface area contributed by atoms with Crippen molar-refractivity contribution in [2.45, 2.75) is 72.3 Å². The van der Waals surface area contributed by atoms with Gasteiger partial charge in [-0.25, -0.2) is 4.79 Å². The van der Waals surface area contributed by atoms with Gasteiger partial charge in [-0.2, -0.15) is 0 Å². The average molecular weight is 318 g/mol. The van der Waals surface area contributed by atoms with Crippen LogP contribution in [-0.2, 0) is 14.3 Å². The van der Waals surface area contributed by atoms with Crippen molar-refractivity contribution in [2.75, 3.05) is 0 Å². The number of hydrogen-bond acceptors (Lipinski definition) is 3. The molecular weight excluding hydrogens is 288 g/mol. The second-order valence-corrected chi connectivity index (χ2v) is 7.66. The first-order valence-corrected chi connectivity index (χ1v) is 8.95. The van der Waals surface area contributed by atoms with Gasteiger partial charge in [0.05, 0.1) is 0 Å². The number of esters is 1. The number of rotatable bonds is 1. The first-order valence-electron chi connectivity index (χ1n) is 8.95. The van der Waals surface area contributed by atoms with E-state index in [0.29, 0.717) is 29.7 Å². The number of carbonyl (C=O) groups is 2. The molecule has 2 rings (SSSR count). The van der Waals surface area contributed by atoms with Crippen LogP contribution in [-0.4, -0.2) is 17.9 Å². The zero-order valence-corrected chi connectivity index (χ0v) is 14.9. The van der Waals surface area contributed by atoms with Gasteiger partial charge in [-0.05, 0) is 50.5 Å². The van der Waals surface area contributed by atoms with Gasteiger partial charge in [-0.1, -0.05) is 32.4 Å². The highest BCUT2D eigenvalue weighted by Gasteiger charge is 2.33. The van der Waals surface area contributed by atoms with Crippen LogP contribution < -0.4 is 0 Å². The molecule has 0 aromatic rings. The summed E-state index contributed by atoms with van der Waals surface area (Å²) in [4.78, 5) is 24.3. The van der Waals surface area contributed by atoms with Crippen molar-refractivity contribution in [3.8, 4) is 0 Å². The Morgan fingerprint density at radius 1 is 1.22 bits per heavy atom. The zero-order chi connectivity index (χ0) is 17.0. The Morgan fingerprint density at radius 3 is 2.65 bits per heavy atom. The first kappa shape index (κ1) is 18.0. The van der Waals surface area contributed by atoms with Crippen LogP contribution in [0.3, 0.4) is 0 Å². The summed E-state index contributed by atoms with van der Waals surface area (Å²) in [6.45, 7) is 8.66. The molecule has 0 spiro atoms. The summed E-state index contributed by atoms with van der Waals surface area (Å²) in [5.41, 5.74) is 1.97. The van der Waals surface area contributed by atoms with Crippen molar-refractivity contribution in [3.63, 3.8) is 0 Å². The molecule has 0 aromatic heterocycles. The number of fused-ring (bicyclic) bond motifs is 1. The van der Waals surface area contributed by atoms with Crippen LogP contribution in [0.2, 0.25) is 0 Å². The van der Waals surface area contributed by atoms with E-state index in [4.69, 9.17) is 4.74 Å². The molecule has 0 aromatic carbocycles. The topological polar surface area (TPSA) is 43.4 Å². The number of Topliss-reactive ketones (excluding diaryl/α,β-unsaturated/α-hetero) is 1. The molecule has 0 amide bonds. The highest BCUT2D eigenvalue weighted by Crippen LogP contribution is 2.32. The van der Waals surface area contributed by atoms with E-state index in [0.717, 1.165) is 25.7 Å². The van der Waals surface area contributed by atoms with Gasteiger partial charge >= 0.3 is 5.97 Å². The maximum Gasteiger partial charge on any atom is 0.334 e. The van der Waals surface area contributed by atoms with Crippen molar-refractivity contribution in [2.24, 2.45) is 17.8 Å². The Balaban J connectivity index is 2.21. The van der Waals surface area contributed by atoms with Gasteiger partial charge in [-0.3, -0.25) is 4.79 Å². The molecule has 3 nitrogen and oxygen atoms in total. The largest absolute Gasteiger partial charge is 0.454 e. The Morgan fingerprint density at radius 2 is 1.96 bits per heavy atom. The maximum absolute atomic E-state index is 12.2. The van der Waals surface area contributed by atoms with Gasteiger partial charge in [0.25, 0.3) is 0 Å². The monoisotopic (exact) mass is 318 g/mol. The molecule has 2 bridgehead atoms. The fourth-order valence-electron chi connectivity index (χ4n) is 3.60. The molecule has 1 aliphatic heterocycles. The molecule has 3 heteroatoms. The van der Waals surface area contributed by atoms with Crippen molar-refractivity contribution in [1.29, 1.82) is 0 Å². The van der Waals surface area contributed by atoms with Crippen LogP contribution >= 0.6 is 0 Å². The minimum absolute atomic E-state index is 0.153. The second kappa shape index (κ2) is 7.94. The molecule has 0 saturated heterocycles. The molecule has 128 valence electrons. The summed E-state index contributed by atoms with van der Waals surface area (Å²) >= 11 is 0. The summed E-state index contributed by atoms with van der Waals surface area (Å²) in [7, 11) is 0. The van der Waals surface area contributed by atoms with E-state index in [9.17, 15) is 9.59 Å². The van der Waals surface area contributed by atoms with Crippen LogP contribution in [0.25, 0.3) is 0 Å². The van der Waals surface area contributed by atoms with Gasteiger partial charge in [0, 0.05) is 24.3 Å². The van der Waals surface area contributed by atoms with E-state index in [2.05, 4.69) is 33.8 Å². The van der Waals surface area contributed by atoms with Gasteiger partial charge in [0.2, 0.25) is 0 Å². The average Bonchev–Trinajstić information content (AvgIpc) is 2.78. The molecule has 0 unspecified atom stereocenters. The van der Waals surface area contributed by atoms with Crippen molar-refractivity contribution in [3.05, 3.63) is 23.3 Å². The third-order valence-electron chi connectivity index (χ3n) is 5.14. The summed E-state index contributed by atoms with van der Waals surface area (Å²) in [5.74, 6) is 0.993. The minimum Gasteiger partial charge on any atom is -0.454 e. The number of carbonyl (C=O) groups excluding carboxylic acids is 2. The van der Waals surface area contributed by atoms with E-state index < -0.39 is 0 Å². The first-order chi connectivity index (χ1) is 10.9. The van der Waals surface area contributed by atoms with E-state index in [-0.39, 0.29) is 24.3 Å². The zero-order valence-electron chi connectivity index (χ0n) is 14.9. The fourth-order valence-corrected chi connectivity index (χ4v) is 3.60. The number of hydrogen-bond donors (Lipinski definition) is 0. The van der Waals surface area contributed by atoms with Crippen LogP contribution in [0.5, 0.6) is 0 Å². The number of ether oxygens (including phenoxy) is 1. The van der Waals surface area contributed by atoms with Crippen LogP contribution in [0.15, 0.2) is 23.3 Å². The molecular formula is C20H30O3. The molecule has 23 heavy (non-hydrogen) atoms. The lowest BCUT2D eigenvalue weighted by molar-refractivity contribution is -0.142. The van der Waals surface area contributed by atoms with Crippen LogP contribution in [0.4, 0.5) is 0 Å². The molecule has 1 heterocycles. The molecule has 3 atom stereocenters. The Hall–Kier alpha value is -1.38. The summed E-state index contributed by atoms with van der Waals surface area (Å²) in [5, 5.41) is 0. The van der Waals surface area contributed by atoms with Crippen LogP contribution in [0, 0.1) is 17.8 Å². The normalized spacial score (nSPS) is 32.8.